The SMILES string of the molecule is Cn1cc([C@H]2CCCN2C(=O)c2ccoc2)cn1. The van der Waals surface area contributed by atoms with Gasteiger partial charge in [0, 0.05) is 25.4 Å². The lowest BCUT2D eigenvalue weighted by Crippen LogP contribution is -2.30. The van der Waals surface area contributed by atoms with Crippen LogP contribution >= 0.6 is 0 Å². The summed E-state index contributed by atoms with van der Waals surface area (Å²) in [5.74, 6) is 0.0371. The molecule has 0 spiro atoms. The lowest BCUT2D eigenvalue weighted by Gasteiger charge is -2.23. The van der Waals surface area contributed by atoms with Gasteiger partial charge in [0.05, 0.1) is 24.1 Å². The molecule has 0 aliphatic carbocycles. The van der Waals surface area contributed by atoms with Gasteiger partial charge in [0.1, 0.15) is 6.26 Å². The van der Waals surface area contributed by atoms with Crippen LogP contribution in [0.5, 0.6) is 0 Å². The number of nitrogens with zero attached hydrogens (tertiary/aromatic N) is 3. The predicted molar refractivity (Wildman–Crippen MR) is 64.9 cm³/mol. The molecule has 1 aliphatic heterocycles. The molecule has 2 aromatic heterocycles. The van der Waals surface area contributed by atoms with E-state index in [0.717, 1.165) is 24.9 Å². The van der Waals surface area contributed by atoms with Crippen molar-refractivity contribution in [2.45, 2.75) is 18.9 Å². The molecule has 1 fully saturated rings. The summed E-state index contributed by atoms with van der Waals surface area (Å²) in [5.41, 5.74) is 1.72. The normalized spacial score (nSPS) is 19.4. The van der Waals surface area contributed by atoms with Crippen molar-refractivity contribution < 1.29 is 9.21 Å². The van der Waals surface area contributed by atoms with Crippen LogP contribution in [0.15, 0.2) is 35.4 Å². The third-order valence-electron chi connectivity index (χ3n) is 3.39. The van der Waals surface area contributed by atoms with Crippen LogP contribution in [0.4, 0.5) is 0 Å². The highest BCUT2D eigenvalue weighted by Crippen LogP contribution is 2.32. The fraction of sp³-hybridized carbons (Fsp3) is 0.385. The Bertz CT molecular complexity index is 544. The van der Waals surface area contributed by atoms with Gasteiger partial charge in [-0.1, -0.05) is 0 Å². The second-order valence-corrected chi connectivity index (χ2v) is 4.62. The Kier molecular flexibility index (Phi) is 2.66. The van der Waals surface area contributed by atoms with Gasteiger partial charge in [-0.15, -0.1) is 0 Å². The van der Waals surface area contributed by atoms with E-state index in [-0.39, 0.29) is 11.9 Å². The van der Waals surface area contributed by atoms with Gasteiger partial charge in [-0.25, -0.2) is 0 Å². The van der Waals surface area contributed by atoms with Gasteiger partial charge in [0.25, 0.3) is 5.91 Å². The molecule has 5 heteroatoms. The molecule has 3 rings (SSSR count). The van der Waals surface area contributed by atoms with Crippen molar-refractivity contribution in [3.8, 4) is 0 Å². The van der Waals surface area contributed by atoms with Crippen LogP contribution < -0.4 is 0 Å². The molecule has 0 N–H and O–H groups in total. The smallest absolute Gasteiger partial charge is 0.257 e. The Morgan fingerprint density at radius 1 is 1.56 bits per heavy atom. The maximum absolute atomic E-state index is 12.3. The van der Waals surface area contributed by atoms with Crippen molar-refractivity contribution in [1.29, 1.82) is 0 Å². The number of hydrogen-bond donors (Lipinski definition) is 0. The molecule has 1 aliphatic rings. The highest BCUT2D eigenvalue weighted by Gasteiger charge is 2.31. The summed E-state index contributed by atoms with van der Waals surface area (Å²) in [6, 6.07) is 1.85. The van der Waals surface area contributed by atoms with E-state index >= 15 is 0 Å². The summed E-state index contributed by atoms with van der Waals surface area (Å²) >= 11 is 0. The highest BCUT2D eigenvalue weighted by molar-refractivity contribution is 5.94. The predicted octanol–water partition coefficient (Wildman–Crippen LogP) is 1.99. The molecule has 3 heterocycles. The van der Waals surface area contributed by atoms with Crippen LogP contribution in [0.1, 0.15) is 34.8 Å². The van der Waals surface area contributed by atoms with Gasteiger partial charge in [0.2, 0.25) is 0 Å². The van der Waals surface area contributed by atoms with E-state index in [0.29, 0.717) is 5.56 Å². The average molecular weight is 245 g/mol. The maximum atomic E-state index is 12.3. The molecule has 2 aromatic rings. The standard InChI is InChI=1S/C13H15N3O2/c1-15-8-11(7-14-15)12-3-2-5-16(12)13(17)10-4-6-18-9-10/h4,6-9,12H,2-3,5H2,1H3/t12-/m1/s1. The average Bonchev–Trinajstić information content (AvgIpc) is 3.09. The molecule has 5 nitrogen and oxygen atoms in total. The van der Waals surface area contributed by atoms with E-state index in [2.05, 4.69) is 5.10 Å². The Balaban J connectivity index is 1.85. The number of hydrogen-bond acceptors (Lipinski definition) is 3. The first kappa shape index (κ1) is 11.1. The van der Waals surface area contributed by atoms with E-state index in [1.54, 1.807) is 10.7 Å². The number of carbonyl (C=O) groups excluding carboxylic acids is 1. The topological polar surface area (TPSA) is 51.3 Å². The second kappa shape index (κ2) is 4.33. The fourth-order valence-electron chi connectivity index (χ4n) is 2.52. The first-order valence-electron chi connectivity index (χ1n) is 6.07. The van der Waals surface area contributed by atoms with E-state index < -0.39 is 0 Å². The van der Waals surface area contributed by atoms with Crippen molar-refractivity contribution in [2.75, 3.05) is 6.54 Å². The molecule has 0 unspecified atom stereocenters. The quantitative estimate of drug-likeness (QED) is 0.813. The molecule has 1 atom stereocenters. The number of carbonyl (C=O) groups is 1. The van der Waals surface area contributed by atoms with E-state index in [9.17, 15) is 4.79 Å². The van der Waals surface area contributed by atoms with Crippen molar-refractivity contribution in [3.63, 3.8) is 0 Å². The summed E-state index contributed by atoms with van der Waals surface area (Å²) in [7, 11) is 1.89. The zero-order valence-electron chi connectivity index (χ0n) is 10.2. The number of likely N-dealkylation sites (tertiary alicyclic amines) is 1. The number of amides is 1. The zero-order valence-corrected chi connectivity index (χ0v) is 10.2. The number of aromatic nitrogens is 2. The molecular formula is C13H15N3O2. The fourth-order valence-corrected chi connectivity index (χ4v) is 2.52. The third kappa shape index (κ3) is 1.81. The summed E-state index contributed by atoms with van der Waals surface area (Å²) in [5, 5.41) is 4.18. The Morgan fingerprint density at radius 3 is 3.11 bits per heavy atom. The monoisotopic (exact) mass is 245 g/mol. The number of aryl methyl sites for hydroxylation is 1. The zero-order chi connectivity index (χ0) is 12.5. The first-order valence-corrected chi connectivity index (χ1v) is 6.07. The molecular weight excluding hydrogens is 230 g/mol. The first-order chi connectivity index (χ1) is 8.75. The van der Waals surface area contributed by atoms with Crippen molar-refractivity contribution in [2.24, 2.45) is 7.05 Å². The summed E-state index contributed by atoms with van der Waals surface area (Å²) in [6.07, 6.45) is 8.87. The minimum Gasteiger partial charge on any atom is -0.472 e. The van der Waals surface area contributed by atoms with Crippen molar-refractivity contribution in [1.82, 2.24) is 14.7 Å². The van der Waals surface area contributed by atoms with Gasteiger partial charge in [0.15, 0.2) is 0 Å². The number of furan rings is 1. The van der Waals surface area contributed by atoms with E-state index in [1.165, 1.54) is 12.5 Å². The van der Waals surface area contributed by atoms with Crippen LogP contribution in [0.25, 0.3) is 0 Å². The highest BCUT2D eigenvalue weighted by atomic mass is 16.3. The molecule has 1 saturated heterocycles. The lowest BCUT2D eigenvalue weighted by molar-refractivity contribution is 0.0735. The van der Waals surface area contributed by atoms with Crippen LogP contribution in [-0.4, -0.2) is 27.1 Å². The summed E-state index contributed by atoms with van der Waals surface area (Å²) in [4.78, 5) is 14.2. The minimum atomic E-state index is 0.0371. The Hall–Kier alpha value is -2.04. The maximum Gasteiger partial charge on any atom is 0.257 e. The summed E-state index contributed by atoms with van der Waals surface area (Å²) < 4.78 is 6.75. The summed E-state index contributed by atoms with van der Waals surface area (Å²) in [6.45, 7) is 0.795. The largest absolute Gasteiger partial charge is 0.472 e. The van der Waals surface area contributed by atoms with Crippen LogP contribution in [0.2, 0.25) is 0 Å². The molecule has 0 saturated carbocycles. The van der Waals surface area contributed by atoms with Gasteiger partial charge < -0.3 is 9.32 Å². The molecule has 0 bridgehead atoms. The van der Waals surface area contributed by atoms with Crippen LogP contribution in [-0.2, 0) is 7.05 Å². The van der Waals surface area contributed by atoms with Crippen molar-refractivity contribution in [3.05, 3.63) is 42.1 Å². The third-order valence-corrected chi connectivity index (χ3v) is 3.39. The van der Waals surface area contributed by atoms with E-state index in [1.807, 2.05) is 24.3 Å². The molecule has 18 heavy (non-hydrogen) atoms. The van der Waals surface area contributed by atoms with Crippen LogP contribution in [0, 0.1) is 0 Å². The molecule has 0 radical (unpaired) electrons. The molecule has 1 amide bonds. The Morgan fingerprint density at radius 2 is 2.44 bits per heavy atom. The van der Waals surface area contributed by atoms with Gasteiger partial charge in [-0.3, -0.25) is 9.48 Å². The molecule has 94 valence electrons. The van der Waals surface area contributed by atoms with Crippen LogP contribution in [0.3, 0.4) is 0 Å². The second-order valence-electron chi connectivity index (χ2n) is 4.62. The van der Waals surface area contributed by atoms with Gasteiger partial charge >= 0.3 is 0 Å². The lowest BCUT2D eigenvalue weighted by atomic mass is 10.1. The minimum absolute atomic E-state index is 0.0371. The van der Waals surface area contributed by atoms with Gasteiger partial charge in [-0.2, -0.15) is 5.10 Å². The Labute approximate surface area is 105 Å². The van der Waals surface area contributed by atoms with E-state index in [4.69, 9.17) is 4.42 Å². The molecule has 0 aromatic carbocycles. The van der Waals surface area contributed by atoms with Gasteiger partial charge in [-0.05, 0) is 18.9 Å². The van der Waals surface area contributed by atoms with Crippen molar-refractivity contribution >= 4 is 5.91 Å². The number of rotatable bonds is 2.